The summed E-state index contributed by atoms with van der Waals surface area (Å²) in [5.74, 6) is 0.249. The van der Waals surface area contributed by atoms with Gasteiger partial charge in [-0.2, -0.15) is 0 Å². The molecule has 6 nitrogen and oxygen atoms in total. The SMILES string of the molecule is Cn1cc(CCC(=O)N2CCN(Cc3ccon3)CC2)c2ccccc21. The van der Waals surface area contributed by atoms with Crippen LogP contribution in [0.1, 0.15) is 17.7 Å². The quantitative estimate of drug-likeness (QED) is 0.708. The van der Waals surface area contributed by atoms with Crippen LogP contribution in [0.25, 0.3) is 10.9 Å². The van der Waals surface area contributed by atoms with Crippen LogP contribution in [0.5, 0.6) is 0 Å². The van der Waals surface area contributed by atoms with Crippen LogP contribution in [-0.4, -0.2) is 51.6 Å². The number of aryl methyl sites for hydroxylation is 2. The first-order valence-electron chi connectivity index (χ1n) is 9.13. The summed E-state index contributed by atoms with van der Waals surface area (Å²) in [7, 11) is 2.06. The predicted octanol–water partition coefficient (Wildman–Crippen LogP) is 2.44. The highest BCUT2D eigenvalue weighted by Gasteiger charge is 2.21. The molecule has 1 fully saturated rings. The highest BCUT2D eigenvalue weighted by atomic mass is 16.5. The molecule has 136 valence electrons. The molecule has 6 heteroatoms. The Balaban J connectivity index is 1.30. The summed E-state index contributed by atoms with van der Waals surface area (Å²) in [6, 6.07) is 10.3. The standard InChI is InChI=1S/C20H24N4O2/c1-22-14-16(18-4-2-3-5-19(18)22)6-7-20(25)24-11-9-23(10-12-24)15-17-8-13-26-21-17/h2-5,8,13-14H,6-7,9-12,15H2,1H3. The summed E-state index contributed by atoms with van der Waals surface area (Å²) in [5.41, 5.74) is 3.42. The molecule has 2 aromatic heterocycles. The minimum atomic E-state index is 0.249. The van der Waals surface area contributed by atoms with E-state index in [-0.39, 0.29) is 5.91 Å². The first-order valence-corrected chi connectivity index (χ1v) is 9.13. The number of aromatic nitrogens is 2. The molecule has 0 bridgehead atoms. The molecule has 1 saturated heterocycles. The highest BCUT2D eigenvalue weighted by Crippen LogP contribution is 2.22. The second kappa shape index (κ2) is 7.33. The fraction of sp³-hybridized carbons (Fsp3) is 0.400. The van der Waals surface area contributed by atoms with E-state index in [4.69, 9.17) is 4.52 Å². The van der Waals surface area contributed by atoms with Crippen molar-refractivity contribution in [1.29, 1.82) is 0 Å². The van der Waals surface area contributed by atoms with Gasteiger partial charge in [0, 0.05) is 69.4 Å². The van der Waals surface area contributed by atoms with Gasteiger partial charge in [-0.1, -0.05) is 23.4 Å². The normalized spacial score (nSPS) is 15.7. The zero-order valence-corrected chi connectivity index (χ0v) is 15.1. The molecule has 3 aromatic rings. The van der Waals surface area contributed by atoms with E-state index in [1.165, 1.54) is 16.5 Å². The summed E-state index contributed by atoms with van der Waals surface area (Å²) < 4.78 is 7.02. The molecule has 3 heterocycles. The zero-order chi connectivity index (χ0) is 17.9. The van der Waals surface area contributed by atoms with Crippen molar-refractivity contribution in [3.63, 3.8) is 0 Å². The molecular formula is C20H24N4O2. The Hall–Kier alpha value is -2.60. The third-order valence-corrected chi connectivity index (χ3v) is 5.19. The fourth-order valence-corrected chi connectivity index (χ4v) is 3.73. The summed E-state index contributed by atoms with van der Waals surface area (Å²) in [4.78, 5) is 16.9. The molecule has 0 saturated carbocycles. The number of rotatable bonds is 5. The molecular weight excluding hydrogens is 328 g/mol. The lowest BCUT2D eigenvalue weighted by atomic mass is 10.1. The van der Waals surface area contributed by atoms with Gasteiger partial charge < -0.3 is 14.0 Å². The molecule has 26 heavy (non-hydrogen) atoms. The molecule has 0 aliphatic carbocycles. The van der Waals surface area contributed by atoms with Crippen LogP contribution in [0.15, 0.2) is 47.3 Å². The van der Waals surface area contributed by atoms with E-state index >= 15 is 0 Å². The van der Waals surface area contributed by atoms with E-state index in [2.05, 4.69) is 52.1 Å². The molecule has 1 aromatic carbocycles. The summed E-state index contributed by atoms with van der Waals surface area (Å²) >= 11 is 0. The second-order valence-electron chi connectivity index (χ2n) is 6.93. The Morgan fingerprint density at radius 1 is 1.15 bits per heavy atom. The van der Waals surface area contributed by atoms with E-state index in [0.29, 0.717) is 6.42 Å². The van der Waals surface area contributed by atoms with Crippen molar-refractivity contribution in [2.45, 2.75) is 19.4 Å². The van der Waals surface area contributed by atoms with E-state index in [1.807, 2.05) is 11.0 Å². The topological polar surface area (TPSA) is 54.5 Å². The molecule has 4 rings (SSSR count). The second-order valence-corrected chi connectivity index (χ2v) is 6.93. The van der Waals surface area contributed by atoms with Gasteiger partial charge in [0.15, 0.2) is 0 Å². The van der Waals surface area contributed by atoms with Gasteiger partial charge in [0.2, 0.25) is 5.91 Å². The monoisotopic (exact) mass is 352 g/mol. The predicted molar refractivity (Wildman–Crippen MR) is 99.6 cm³/mol. The fourth-order valence-electron chi connectivity index (χ4n) is 3.73. The van der Waals surface area contributed by atoms with Crippen LogP contribution >= 0.6 is 0 Å². The highest BCUT2D eigenvalue weighted by molar-refractivity contribution is 5.85. The molecule has 0 N–H and O–H groups in total. The minimum Gasteiger partial charge on any atom is -0.364 e. The summed E-state index contributed by atoms with van der Waals surface area (Å²) in [5, 5.41) is 5.21. The lowest BCUT2D eigenvalue weighted by Crippen LogP contribution is -2.48. The maximum atomic E-state index is 12.6. The van der Waals surface area contributed by atoms with Crippen molar-refractivity contribution in [3.05, 3.63) is 54.0 Å². The number of hydrogen-bond donors (Lipinski definition) is 0. The Morgan fingerprint density at radius 3 is 2.73 bits per heavy atom. The molecule has 0 radical (unpaired) electrons. The van der Waals surface area contributed by atoms with Gasteiger partial charge in [0.1, 0.15) is 6.26 Å². The van der Waals surface area contributed by atoms with Gasteiger partial charge in [-0.25, -0.2) is 0 Å². The van der Waals surface area contributed by atoms with Crippen molar-refractivity contribution in [2.75, 3.05) is 26.2 Å². The zero-order valence-electron chi connectivity index (χ0n) is 15.1. The Kier molecular flexibility index (Phi) is 4.75. The van der Waals surface area contributed by atoms with Crippen molar-refractivity contribution in [1.82, 2.24) is 19.5 Å². The van der Waals surface area contributed by atoms with E-state index in [9.17, 15) is 4.79 Å². The van der Waals surface area contributed by atoms with Crippen molar-refractivity contribution in [3.8, 4) is 0 Å². The van der Waals surface area contributed by atoms with Gasteiger partial charge in [-0.05, 0) is 18.1 Å². The number of hydrogen-bond acceptors (Lipinski definition) is 4. The lowest BCUT2D eigenvalue weighted by Gasteiger charge is -2.34. The average molecular weight is 352 g/mol. The van der Waals surface area contributed by atoms with Gasteiger partial charge in [-0.3, -0.25) is 9.69 Å². The Labute approximate surface area is 153 Å². The number of carbonyl (C=O) groups is 1. The van der Waals surface area contributed by atoms with Crippen LogP contribution < -0.4 is 0 Å². The molecule has 1 amide bonds. The van der Waals surface area contributed by atoms with Crippen LogP contribution in [0.2, 0.25) is 0 Å². The van der Waals surface area contributed by atoms with E-state index in [1.54, 1.807) is 6.26 Å². The van der Waals surface area contributed by atoms with Crippen LogP contribution in [-0.2, 0) is 24.8 Å². The Bertz CT molecular complexity index is 876. The van der Waals surface area contributed by atoms with Crippen molar-refractivity contribution < 1.29 is 9.32 Å². The third kappa shape index (κ3) is 3.51. The number of para-hydroxylation sites is 1. The number of benzene rings is 1. The minimum absolute atomic E-state index is 0.249. The van der Waals surface area contributed by atoms with E-state index in [0.717, 1.165) is 44.8 Å². The molecule has 1 aliphatic heterocycles. The molecule has 0 spiro atoms. The van der Waals surface area contributed by atoms with Crippen LogP contribution in [0, 0.1) is 0 Å². The van der Waals surface area contributed by atoms with E-state index < -0.39 is 0 Å². The van der Waals surface area contributed by atoms with Crippen molar-refractivity contribution in [2.24, 2.45) is 7.05 Å². The third-order valence-electron chi connectivity index (χ3n) is 5.19. The van der Waals surface area contributed by atoms with Gasteiger partial charge in [0.05, 0.1) is 5.69 Å². The summed E-state index contributed by atoms with van der Waals surface area (Å²) in [6.45, 7) is 4.12. The first-order chi connectivity index (χ1) is 12.7. The smallest absolute Gasteiger partial charge is 0.222 e. The number of amides is 1. The maximum Gasteiger partial charge on any atom is 0.222 e. The number of piperazine rings is 1. The first kappa shape index (κ1) is 16.8. The van der Waals surface area contributed by atoms with Gasteiger partial charge >= 0.3 is 0 Å². The number of nitrogens with zero attached hydrogens (tertiary/aromatic N) is 4. The summed E-state index contributed by atoms with van der Waals surface area (Å²) in [6.07, 6.45) is 5.10. The number of fused-ring (bicyclic) bond motifs is 1. The average Bonchev–Trinajstić information content (AvgIpc) is 3.29. The Morgan fingerprint density at radius 2 is 1.96 bits per heavy atom. The van der Waals surface area contributed by atoms with Gasteiger partial charge in [0.25, 0.3) is 0 Å². The maximum absolute atomic E-state index is 12.6. The molecule has 0 atom stereocenters. The largest absolute Gasteiger partial charge is 0.364 e. The lowest BCUT2D eigenvalue weighted by molar-refractivity contribution is -0.133. The molecule has 0 unspecified atom stereocenters. The van der Waals surface area contributed by atoms with Crippen molar-refractivity contribution >= 4 is 16.8 Å². The van der Waals surface area contributed by atoms with Gasteiger partial charge in [-0.15, -0.1) is 0 Å². The number of carbonyl (C=O) groups excluding carboxylic acids is 1. The van der Waals surface area contributed by atoms with Crippen LogP contribution in [0.3, 0.4) is 0 Å². The molecule has 1 aliphatic rings. The van der Waals surface area contributed by atoms with Crippen LogP contribution in [0.4, 0.5) is 0 Å².